The van der Waals surface area contributed by atoms with Crippen molar-refractivity contribution in [3.05, 3.63) is 30.1 Å². The van der Waals surface area contributed by atoms with Gasteiger partial charge in [-0.1, -0.05) is 0 Å². The summed E-state index contributed by atoms with van der Waals surface area (Å²) in [4.78, 5) is 12.3. The van der Waals surface area contributed by atoms with Gasteiger partial charge in [0, 0.05) is 13.0 Å². The van der Waals surface area contributed by atoms with Crippen LogP contribution in [0.5, 0.6) is 5.75 Å². The number of likely N-dealkylation sites (N-methyl/N-ethyl adjacent to an activating group) is 1. The molecule has 0 bridgehead atoms. The lowest BCUT2D eigenvalue weighted by atomic mass is 10.3. The number of halogens is 1. The van der Waals surface area contributed by atoms with Crippen molar-refractivity contribution in [2.45, 2.75) is 12.8 Å². The van der Waals surface area contributed by atoms with Gasteiger partial charge in [-0.05, 0) is 44.3 Å². The first-order valence-electron chi connectivity index (χ1n) is 5.86. The van der Waals surface area contributed by atoms with Crippen LogP contribution in [0.2, 0.25) is 0 Å². The first-order valence-corrected chi connectivity index (χ1v) is 5.86. The molecule has 1 aromatic rings. The third-order valence-corrected chi connectivity index (χ3v) is 2.49. The molecule has 0 spiro atoms. The van der Waals surface area contributed by atoms with Crippen molar-refractivity contribution < 1.29 is 19.0 Å². The molecule has 0 saturated heterocycles. The third kappa shape index (κ3) is 6.20. The Morgan fingerprint density at radius 2 is 2.00 bits per heavy atom. The van der Waals surface area contributed by atoms with E-state index in [0.717, 1.165) is 6.54 Å². The van der Waals surface area contributed by atoms with Crippen LogP contribution >= 0.6 is 0 Å². The molecule has 0 unspecified atom stereocenters. The lowest BCUT2D eigenvalue weighted by Crippen LogP contribution is -2.25. The Morgan fingerprint density at radius 3 is 2.61 bits per heavy atom. The van der Waals surface area contributed by atoms with E-state index < -0.39 is 5.97 Å². The average Bonchev–Trinajstić information content (AvgIpc) is 2.31. The molecule has 1 aromatic carbocycles. The monoisotopic (exact) mass is 255 g/mol. The molecule has 0 aliphatic carbocycles. The van der Waals surface area contributed by atoms with Gasteiger partial charge in [0.2, 0.25) is 0 Å². The average molecular weight is 255 g/mol. The summed E-state index contributed by atoms with van der Waals surface area (Å²) in [5, 5.41) is 8.50. The van der Waals surface area contributed by atoms with Gasteiger partial charge in [-0.3, -0.25) is 4.79 Å². The Morgan fingerprint density at radius 1 is 1.33 bits per heavy atom. The second-order valence-corrected chi connectivity index (χ2v) is 4.10. The summed E-state index contributed by atoms with van der Waals surface area (Å²) in [5.41, 5.74) is 0. The summed E-state index contributed by atoms with van der Waals surface area (Å²) >= 11 is 0. The minimum Gasteiger partial charge on any atom is -0.492 e. The van der Waals surface area contributed by atoms with Crippen LogP contribution in [-0.2, 0) is 4.79 Å². The number of carboxylic acid groups (broad SMARTS) is 1. The minimum absolute atomic E-state index is 0.184. The van der Waals surface area contributed by atoms with E-state index in [4.69, 9.17) is 9.84 Å². The van der Waals surface area contributed by atoms with Gasteiger partial charge < -0.3 is 14.7 Å². The molecule has 0 radical (unpaired) electrons. The number of hydrogen-bond donors (Lipinski definition) is 1. The normalized spacial score (nSPS) is 10.6. The number of ether oxygens (including phenoxy) is 1. The number of carbonyl (C=O) groups is 1. The van der Waals surface area contributed by atoms with Gasteiger partial charge in [0.15, 0.2) is 0 Å². The quantitative estimate of drug-likeness (QED) is 0.772. The molecular weight excluding hydrogens is 237 g/mol. The van der Waals surface area contributed by atoms with Crippen LogP contribution in [0.15, 0.2) is 24.3 Å². The van der Waals surface area contributed by atoms with Crippen LogP contribution in [0.3, 0.4) is 0 Å². The molecule has 1 N–H and O–H groups in total. The van der Waals surface area contributed by atoms with Gasteiger partial charge in [-0.25, -0.2) is 4.39 Å². The predicted octanol–water partition coefficient (Wildman–Crippen LogP) is 2.00. The number of aliphatic carboxylic acids is 1. The Hall–Kier alpha value is -1.62. The fourth-order valence-electron chi connectivity index (χ4n) is 1.46. The van der Waals surface area contributed by atoms with Crippen molar-refractivity contribution in [2.75, 3.05) is 26.7 Å². The van der Waals surface area contributed by atoms with E-state index in [1.165, 1.54) is 12.1 Å². The van der Waals surface area contributed by atoms with Crippen molar-refractivity contribution in [3.63, 3.8) is 0 Å². The van der Waals surface area contributed by atoms with Gasteiger partial charge in [0.25, 0.3) is 0 Å². The Kier molecular flexibility index (Phi) is 6.14. The second-order valence-electron chi connectivity index (χ2n) is 4.10. The Bertz CT molecular complexity index is 367. The molecule has 0 aromatic heterocycles. The maximum absolute atomic E-state index is 12.6. The molecule has 0 atom stereocenters. The van der Waals surface area contributed by atoms with E-state index in [9.17, 15) is 9.18 Å². The van der Waals surface area contributed by atoms with Gasteiger partial charge in [0.1, 0.15) is 18.2 Å². The van der Waals surface area contributed by atoms with Crippen LogP contribution in [0.1, 0.15) is 12.8 Å². The minimum atomic E-state index is -0.772. The number of benzene rings is 1. The van der Waals surface area contributed by atoms with Gasteiger partial charge in [-0.2, -0.15) is 0 Å². The van der Waals surface area contributed by atoms with E-state index in [2.05, 4.69) is 0 Å². The van der Waals surface area contributed by atoms with Crippen molar-refractivity contribution in [1.29, 1.82) is 0 Å². The molecule has 0 amide bonds. The summed E-state index contributed by atoms with van der Waals surface area (Å²) < 4.78 is 18.1. The van der Waals surface area contributed by atoms with Crippen molar-refractivity contribution in [3.8, 4) is 5.75 Å². The maximum Gasteiger partial charge on any atom is 0.303 e. The molecule has 1 rings (SSSR count). The van der Waals surface area contributed by atoms with Crippen molar-refractivity contribution in [2.24, 2.45) is 0 Å². The lowest BCUT2D eigenvalue weighted by molar-refractivity contribution is -0.137. The van der Waals surface area contributed by atoms with E-state index in [0.29, 0.717) is 25.3 Å². The Balaban J connectivity index is 2.13. The number of rotatable bonds is 8. The van der Waals surface area contributed by atoms with Crippen LogP contribution in [0, 0.1) is 5.82 Å². The lowest BCUT2D eigenvalue weighted by Gasteiger charge is -2.16. The first-order chi connectivity index (χ1) is 8.58. The fraction of sp³-hybridized carbons (Fsp3) is 0.462. The zero-order valence-corrected chi connectivity index (χ0v) is 10.4. The highest BCUT2D eigenvalue weighted by molar-refractivity contribution is 5.66. The van der Waals surface area contributed by atoms with E-state index in [-0.39, 0.29) is 12.2 Å². The predicted molar refractivity (Wildman–Crippen MR) is 66.3 cm³/mol. The van der Waals surface area contributed by atoms with Gasteiger partial charge >= 0.3 is 5.97 Å². The maximum atomic E-state index is 12.6. The van der Waals surface area contributed by atoms with Crippen molar-refractivity contribution in [1.82, 2.24) is 4.90 Å². The summed E-state index contributed by atoms with van der Waals surface area (Å²) in [6.45, 7) is 1.92. The largest absolute Gasteiger partial charge is 0.492 e. The number of hydrogen-bond acceptors (Lipinski definition) is 3. The summed E-state index contributed by atoms with van der Waals surface area (Å²) in [7, 11) is 1.91. The Labute approximate surface area is 106 Å². The molecule has 5 heteroatoms. The topological polar surface area (TPSA) is 49.8 Å². The smallest absolute Gasteiger partial charge is 0.303 e. The number of nitrogens with zero attached hydrogens (tertiary/aromatic N) is 1. The summed E-state index contributed by atoms with van der Waals surface area (Å²) in [5.74, 6) is -0.422. The van der Waals surface area contributed by atoms with Crippen LogP contribution in [0.25, 0.3) is 0 Å². The molecule has 100 valence electrons. The van der Waals surface area contributed by atoms with E-state index in [1.54, 1.807) is 12.1 Å². The molecule has 0 heterocycles. The fourth-order valence-corrected chi connectivity index (χ4v) is 1.46. The first kappa shape index (κ1) is 14.4. The second kappa shape index (κ2) is 7.66. The molecule has 0 aliphatic rings. The van der Waals surface area contributed by atoms with Gasteiger partial charge in [0.05, 0.1) is 0 Å². The highest BCUT2D eigenvalue weighted by Crippen LogP contribution is 2.10. The highest BCUT2D eigenvalue weighted by atomic mass is 19.1. The van der Waals surface area contributed by atoms with Crippen LogP contribution in [0.4, 0.5) is 4.39 Å². The molecular formula is C13H18FNO3. The van der Waals surface area contributed by atoms with E-state index in [1.807, 2.05) is 11.9 Å². The van der Waals surface area contributed by atoms with E-state index >= 15 is 0 Å². The third-order valence-electron chi connectivity index (χ3n) is 2.49. The van der Waals surface area contributed by atoms with Crippen LogP contribution < -0.4 is 4.74 Å². The zero-order valence-electron chi connectivity index (χ0n) is 10.4. The SMILES string of the molecule is CN(CCCC(=O)O)CCOc1ccc(F)cc1. The van der Waals surface area contributed by atoms with Crippen LogP contribution in [-0.4, -0.2) is 42.7 Å². The molecule has 18 heavy (non-hydrogen) atoms. The summed E-state index contributed by atoms with van der Waals surface area (Å²) in [6.07, 6.45) is 0.811. The molecule has 4 nitrogen and oxygen atoms in total. The van der Waals surface area contributed by atoms with Crippen molar-refractivity contribution >= 4 is 5.97 Å². The molecule has 0 aliphatic heterocycles. The zero-order chi connectivity index (χ0) is 13.4. The number of carboxylic acids is 1. The standard InChI is InChI=1S/C13H18FNO3/c1-15(8-2-3-13(16)17)9-10-18-12-6-4-11(14)5-7-12/h4-7H,2-3,8-10H2,1H3,(H,16,17). The van der Waals surface area contributed by atoms with Gasteiger partial charge in [-0.15, -0.1) is 0 Å². The highest BCUT2D eigenvalue weighted by Gasteiger charge is 2.02. The molecule has 0 fully saturated rings. The molecule has 0 saturated carbocycles. The summed E-state index contributed by atoms with van der Waals surface area (Å²) in [6, 6.07) is 5.87.